The third kappa shape index (κ3) is 9.42. The lowest BCUT2D eigenvalue weighted by atomic mass is 10.1. The van der Waals surface area contributed by atoms with Crippen molar-refractivity contribution in [3.05, 3.63) is 11.9 Å². The van der Waals surface area contributed by atoms with Gasteiger partial charge >= 0.3 is 0 Å². The smallest absolute Gasteiger partial charge is 0.248 e. The first kappa shape index (κ1) is 26.6. The van der Waals surface area contributed by atoms with E-state index in [2.05, 4.69) is 15.6 Å². The summed E-state index contributed by atoms with van der Waals surface area (Å²) in [7, 11) is 1.45. The van der Waals surface area contributed by atoms with Gasteiger partial charge in [-0.25, -0.2) is 4.68 Å². The summed E-state index contributed by atoms with van der Waals surface area (Å²) in [5, 5.41) is 19.6. The average Bonchev–Trinajstić information content (AvgIpc) is 3.19. The molecule has 0 radical (unpaired) electrons. The fourth-order valence-corrected chi connectivity index (χ4v) is 3.15. The van der Waals surface area contributed by atoms with Crippen LogP contribution < -0.4 is 5.32 Å². The molecule has 2 N–H and O–H groups in total. The second-order valence-corrected chi connectivity index (χ2v) is 7.58. The minimum absolute atomic E-state index is 0.0162. The number of rotatable bonds is 16. The van der Waals surface area contributed by atoms with E-state index in [0.29, 0.717) is 38.5 Å². The average molecular weight is 471 g/mol. The molecule has 1 saturated heterocycles. The summed E-state index contributed by atoms with van der Waals surface area (Å²) in [6, 6.07) is 0. The fourth-order valence-electron chi connectivity index (χ4n) is 3.15. The number of hydrogen-bond donors (Lipinski definition) is 2. The molecule has 1 aliphatic heterocycles. The first-order valence-corrected chi connectivity index (χ1v) is 11.0. The summed E-state index contributed by atoms with van der Waals surface area (Å²) in [6.07, 6.45) is 2.35. The van der Waals surface area contributed by atoms with Gasteiger partial charge in [-0.1, -0.05) is 12.1 Å². The highest BCUT2D eigenvalue weighted by Crippen LogP contribution is 2.12. The molecule has 2 rings (SSSR count). The number of aliphatic hydroxyl groups is 1. The highest BCUT2D eigenvalue weighted by Gasteiger charge is 2.31. The Bertz CT molecular complexity index is 747. The van der Waals surface area contributed by atoms with Crippen molar-refractivity contribution >= 4 is 17.7 Å². The maximum Gasteiger partial charge on any atom is 0.248 e. The lowest BCUT2D eigenvalue weighted by Crippen LogP contribution is -2.56. The first-order valence-electron chi connectivity index (χ1n) is 11.0. The molecular weight excluding hydrogens is 436 g/mol. The quantitative estimate of drug-likeness (QED) is 0.262. The second-order valence-electron chi connectivity index (χ2n) is 7.58. The Morgan fingerprint density at radius 1 is 1.27 bits per heavy atom. The van der Waals surface area contributed by atoms with Gasteiger partial charge in [-0.3, -0.25) is 14.4 Å². The molecule has 186 valence electrons. The predicted molar refractivity (Wildman–Crippen MR) is 115 cm³/mol. The maximum absolute atomic E-state index is 12.3. The summed E-state index contributed by atoms with van der Waals surface area (Å²) in [6.45, 7) is 4.50. The number of amides is 3. The van der Waals surface area contributed by atoms with E-state index in [-0.39, 0.29) is 63.3 Å². The van der Waals surface area contributed by atoms with Crippen LogP contribution in [-0.2, 0) is 41.7 Å². The van der Waals surface area contributed by atoms with Crippen LogP contribution in [0.5, 0.6) is 0 Å². The molecule has 13 nitrogen and oxygen atoms in total. The van der Waals surface area contributed by atoms with Gasteiger partial charge in [-0.2, -0.15) is 0 Å². The number of nitrogens with zero attached hydrogens (tertiary/aromatic N) is 5. The molecule has 3 amide bonds. The normalized spacial score (nSPS) is 13.6. The Morgan fingerprint density at radius 3 is 2.76 bits per heavy atom. The number of aliphatic hydroxyl groups excluding tert-OH is 1. The number of ether oxygens (including phenoxy) is 3. The number of carbonyl (C=O) groups is 3. The van der Waals surface area contributed by atoms with Gasteiger partial charge in [0.15, 0.2) is 0 Å². The Balaban J connectivity index is 1.59. The standard InChI is InChI=1S/C20H34N6O7/c1-3-5-24(6-7-27)19(29)12-26-9-16(22-23-26)13-32-15-20(30)25-10-17(11-25)33-8-4-21-18(28)14-31-2/h9,17,27H,3-8,10-15H2,1-2H3,(H,21,28). The molecule has 1 aliphatic rings. The van der Waals surface area contributed by atoms with Gasteiger partial charge in [0.1, 0.15) is 25.5 Å². The maximum atomic E-state index is 12.3. The van der Waals surface area contributed by atoms with Crippen LogP contribution in [0.4, 0.5) is 0 Å². The highest BCUT2D eigenvalue weighted by atomic mass is 16.5. The molecule has 1 fully saturated rings. The fraction of sp³-hybridized carbons (Fsp3) is 0.750. The Hall–Kier alpha value is -2.61. The molecule has 13 heteroatoms. The SMILES string of the molecule is CCCN(CCO)C(=O)Cn1cc(COCC(=O)N2CC(OCCNC(=O)COC)C2)nn1. The minimum atomic E-state index is -0.199. The number of likely N-dealkylation sites (tertiary alicyclic amines) is 1. The van der Waals surface area contributed by atoms with Gasteiger partial charge < -0.3 is 34.4 Å². The molecule has 0 spiro atoms. The Morgan fingerprint density at radius 2 is 2.06 bits per heavy atom. The van der Waals surface area contributed by atoms with Gasteiger partial charge in [0, 0.05) is 39.8 Å². The first-order chi connectivity index (χ1) is 16.0. The van der Waals surface area contributed by atoms with Crippen molar-refractivity contribution in [3.8, 4) is 0 Å². The zero-order valence-corrected chi connectivity index (χ0v) is 19.3. The van der Waals surface area contributed by atoms with Crippen molar-refractivity contribution in [2.75, 3.05) is 66.3 Å². The third-order valence-corrected chi connectivity index (χ3v) is 4.83. The van der Waals surface area contributed by atoms with Crippen LogP contribution in [0, 0.1) is 0 Å². The molecule has 0 aromatic carbocycles. The van der Waals surface area contributed by atoms with Crippen molar-refractivity contribution in [2.45, 2.75) is 32.6 Å². The van der Waals surface area contributed by atoms with E-state index in [1.54, 1.807) is 16.0 Å². The van der Waals surface area contributed by atoms with Crippen molar-refractivity contribution < 1.29 is 33.7 Å². The Kier molecular flexibility index (Phi) is 11.7. The van der Waals surface area contributed by atoms with Crippen LogP contribution in [0.15, 0.2) is 6.20 Å². The van der Waals surface area contributed by atoms with Crippen LogP contribution in [-0.4, -0.2) is 120 Å². The minimum Gasteiger partial charge on any atom is -0.395 e. The summed E-state index contributed by atoms with van der Waals surface area (Å²) < 4.78 is 17.1. The molecular formula is C20H34N6O7. The van der Waals surface area contributed by atoms with Crippen LogP contribution in [0.2, 0.25) is 0 Å². The molecule has 0 bridgehead atoms. The lowest BCUT2D eigenvalue weighted by molar-refractivity contribution is -0.150. The highest BCUT2D eigenvalue weighted by molar-refractivity contribution is 5.78. The molecule has 0 atom stereocenters. The lowest BCUT2D eigenvalue weighted by Gasteiger charge is -2.38. The van der Waals surface area contributed by atoms with E-state index in [4.69, 9.17) is 19.3 Å². The zero-order chi connectivity index (χ0) is 24.1. The summed E-state index contributed by atoms with van der Waals surface area (Å²) in [4.78, 5) is 38.9. The molecule has 0 unspecified atom stereocenters. The van der Waals surface area contributed by atoms with Gasteiger partial charge in [0.25, 0.3) is 0 Å². The van der Waals surface area contributed by atoms with Crippen LogP contribution in [0.1, 0.15) is 19.0 Å². The Labute approximate surface area is 192 Å². The summed E-state index contributed by atoms with van der Waals surface area (Å²) in [5.41, 5.74) is 0.514. The topological polar surface area (TPSA) is 148 Å². The van der Waals surface area contributed by atoms with Gasteiger partial charge in [-0.15, -0.1) is 5.10 Å². The van der Waals surface area contributed by atoms with Crippen LogP contribution in [0.25, 0.3) is 0 Å². The van der Waals surface area contributed by atoms with Crippen molar-refractivity contribution in [2.24, 2.45) is 0 Å². The van der Waals surface area contributed by atoms with E-state index >= 15 is 0 Å². The van der Waals surface area contributed by atoms with E-state index in [0.717, 1.165) is 6.42 Å². The van der Waals surface area contributed by atoms with E-state index < -0.39 is 0 Å². The number of nitrogens with one attached hydrogen (secondary N) is 1. The molecule has 33 heavy (non-hydrogen) atoms. The number of methoxy groups -OCH3 is 1. The largest absolute Gasteiger partial charge is 0.395 e. The van der Waals surface area contributed by atoms with Crippen LogP contribution >= 0.6 is 0 Å². The number of hydrogen-bond acceptors (Lipinski definition) is 9. The molecule has 0 saturated carbocycles. The molecule has 0 aliphatic carbocycles. The molecule has 1 aromatic rings. The second kappa shape index (κ2) is 14.5. The van der Waals surface area contributed by atoms with E-state index in [1.807, 2.05) is 6.92 Å². The van der Waals surface area contributed by atoms with Gasteiger partial charge in [0.2, 0.25) is 17.7 Å². The summed E-state index contributed by atoms with van der Waals surface area (Å²) in [5.74, 6) is -0.495. The van der Waals surface area contributed by atoms with Gasteiger partial charge in [-0.05, 0) is 6.42 Å². The molecule has 2 heterocycles. The van der Waals surface area contributed by atoms with Gasteiger partial charge in [0.05, 0.1) is 32.1 Å². The van der Waals surface area contributed by atoms with E-state index in [1.165, 1.54) is 11.8 Å². The van der Waals surface area contributed by atoms with E-state index in [9.17, 15) is 14.4 Å². The number of aromatic nitrogens is 3. The van der Waals surface area contributed by atoms with Crippen molar-refractivity contribution in [1.29, 1.82) is 0 Å². The monoisotopic (exact) mass is 470 g/mol. The molecule has 1 aromatic heterocycles. The van der Waals surface area contributed by atoms with Crippen molar-refractivity contribution in [1.82, 2.24) is 30.1 Å². The van der Waals surface area contributed by atoms with Crippen LogP contribution in [0.3, 0.4) is 0 Å². The summed E-state index contributed by atoms with van der Waals surface area (Å²) >= 11 is 0. The van der Waals surface area contributed by atoms with Crippen molar-refractivity contribution in [3.63, 3.8) is 0 Å². The predicted octanol–water partition coefficient (Wildman–Crippen LogP) is -1.98. The zero-order valence-electron chi connectivity index (χ0n) is 19.3. The third-order valence-electron chi connectivity index (χ3n) is 4.83. The number of carbonyl (C=O) groups excluding carboxylic acids is 3.